The first-order chi connectivity index (χ1) is 13.0. The van der Waals surface area contributed by atoms with Gasteiger partial charge in [0.25, 0.3) is 5.91 Å². The van der Waals surface area contributed by atoms with E-state index in [0.29, 0.717) is 12.6 Å². The van der Waals surface area contributed by atoms with E-state index in [1.165, 1.54) is 5.56 Å². The molecular formula is C21H31N5O. The summed E-state index contributed by atoms with van der Waals surface area (Å²) in [5, 5.41) is 3.38. The summed E-state index contributed by atoms with van der Waals surface area (Å²) in [4.78, 5) is 22.0. The summed E-state index contributed by atoms with van der Waals surface area (Å²) in [5.74, 6) is 0.995. The molecule has 1 amide bonds. The van der Waals surface area contributed by atoms with Crippen molar-refractivity contribution >= 4 is 5.91 Å². The lowest BCUT2D eigenvalue weighted by Gasteiger charge is -2.35. The Balaban J connectivity index is 1.75. The number of hydrogen-bond donors (Lipinski definition) is 1. The molecule has 3 rings (SSSR count). The van der Waals surface area contributed by atoms with Crippen LogP contribution in [0, 0.1) is 0 Å². The second-order valence-electron chi connectivity index (χ2n) is 7.47. The molecule has 6 heteroatoms. The zero-order valence-electron chi connectivity index (χ0n) is 16.9. The van der Waals surface area contributed by atoms with Crippen molar-refractivity contribution in [2.75, 3.05) is 26.2 Å². The Bertz CT molecular complexity index is 752. The standard InChI is InChI=1S/C21H31N5O/c1-5-25(16(2)3)15-17-6-8-18(9-7-17)21(27)26-13-10-22-14-19(26)20-23-11-12-24(20)4/h6-9,11-12,16,19,22H,5,10,13-15H2,1-4H3. The summed E-state index contributed by atoms with van der Waals surface area (Å²) in [6.07, 6.45) is 3.71. The van der Waals surface area contributed by atoms with Gasteiger partial charge in [-0.05, 0) is 38.1 Å². The molecule has 6 nitrogen and oxygen atoms in total. The molecule has 1 atom stereocenters. The Morgan fingerprint density at radius 2 is 2.07 bits per heavy atom. The number of carbonyl (C=O) groups excluding carboxylic acids is 1. The summed E-state index contributed by atoms with van der Waals surface area (Å²) in [6.45, 7) is 10.8. The third kappa shape index (κ3) is 4.39. The minimum Gasteiger partial charge on any atom is -0.336 e. The summed E-state index contributed by atoms with van der Waals surface area (Å²) in [6, 6.07) is 8.55. The molecule has 0 saturated carbocycles. The van der Waals surface area contributed by atoms with Gasteiger partial charge in [-0.3, -0.25) is 9.69 Å². The van der Waals surface area contributed by atoms with E-state index >= 15 is 0 Å². The van der Waals surface area contributed by atoms with Gasteiger partial charge < -0.3 is 14.8 Å². The first-order valence-corrected chi connectivity index (χ1v) is 9.83. The summed E-state index contributed by atoms with van der Waals surface area (Å²) in [7, 11) is 1.97. The Labute approximate surface area is 162 Å². The Morgan fingerprint density at radius 1 is 1.33 bits per heavy atom. The van der Waals surface area contributed by atoms with Crippen LogP contribution in [0.1, 0.15) is 48.6 Å². The Hall–Kier alpha value is -2.18. The van der Waals surface area contributed by atoms with Crippen molar-refractivity contribution in [2.45, 2.75) is 39.4 Å². The summed E-state index contributed by atoms with van der Waals surface area (Å²) >= 11 is 0. The molecule has 2 aromatic rings. The maximum atomic E-state index is 13.2. The van der Waals surface area contributed by atoms with Crippen LogP contribution in [0.3, 0.4) is 0 Å². The molecule has 1 unspecified atom stereocenters. The average Bonchev–Trinajstić information content (AvgIpc) is 3.11. The molecule has 27 heavy (non-hydrogen) atoms. The second-order valence-corrected chi connectivity index (χ2v) is 7.47. The zero-order valence-corrected chi connectivity index (χ0v) is 16.9. The number of nitrogens with zero attached hydrogens (tertiary/aromatic N) is 4. The fourth-order valence-corrected chi connectivity index (χ4v) is 3.69. The normalized spacial score (nSPS) is 17.7. The van der Waals surface area contributed by atoms with E-state index < -0.39 is 0 Å². The van der Waals surface area contributed by atoms with Crippen LogP contribution in [0.4, 0.5) is 0 Å². The molecule has 1 aromatic carbocycles. The lowest BCUT2D eigenvalue weighted by atomic mass is 10.1. The lowest BCUT2D eigenvalue weighted by Crippen LogP contribution is -2.49. The Kier molecular flexibility index (Phi) is 6.29. The maximum Gasteiger partial charge on any atom is 0.254 e. The van der Waals surface area contributed by atoms with Gasteiger partial charge in [-0.15, -0.1) is 0 Å². The largest absolute Gasteiger partial charge is 0.336 e. The first-order valence-electron chi connectivity index (χ1n) is 9.83. The number of aromatic nitrogens is 2. The number of aryl methyl sites for hydroxylation is 1. The Morgan fingerprint density at radius 3 is 2.67 bits per heavy atom. The van der Waals surface area contributed by atoms with E-state index in [-0.39, 0.29) is 11.9 Å². The topological polar surface area (TPSA) is 53.4 Å². The predicted octanol–water partition coefficient (Wildman–Crippen LogP) is 2.44. The fourth-order valence-electron chi connectivity index (χ4n) is 3.69. The van der Waals surface area contributed by atoms with Gasteiger partial charge in [0.15, 0.2) is 0 Å². The number of hydrogen-bond acceptors (Lipinski definition) is 4. The molecule has 1 aliphatic rings. The van der Waals surface area contributed by atoms with Crippen LogP contribution in [0.15, 0.2) is 36.7 Å². The number of piperazine rings is 1. The lowest BCUT2D eigenvalue weighted by molar-refractivity contribution is 0.0621. The average molecular weight is 370 g/mol. The predicted molar refractivity (Wildman–Crippen MR) is 108 cm³/mol. The van der Waals surface area contributed by atoms with E-state index in [1.54, 1.807) is 6.20 Å². The van der Waals surface area contributed by atoms with Crippen LogP contribution in [0.25, 0.3) is 0 Å². The van der Waals surface area contributed by atoms with Crippen LogP contribution in [-0.4, -0.2) is 57.5 Å². The van der Waals surface area contributed by atoms with Crippen molar-refractivity contribution in [3.05, 3.63) is 53.6 Å². The van der Waals surface area contributed by atoms with E-state index in [1.807, 2.05) is 34.8 Å². The number of rotatable bonds is 6. The van der Waals surface area contributed by atoms with Gasteiger partial charge in [-0.2, -0.15) is 0 Å². The van der Waals surface area contributed by atoms with E-state index in [9.17, 15) is 4.79 Å². The van der Waals surface area contributed by atoms with Crippen molar-refractivity contribution in [3.63, 3.8) is 0 Å². The van der Waals surface area contributed by atoms with Crippen LogP contribution in [0.2, 0.25) is 0 Å². The molecule has 1 saturated heterocycles. The van der Waals surface area contributed by atoms with Gasteiger partial charge >= 0.3 is 0 Å². The highest BCUT2D eigenvalue weighted by molar-refractivity contribution is 5.94. The smallest absolute Gasteiger partial charge is 0.254 e. The summed E-state index contributed by atoms with van der Waals surface area (Å²) < 4.78 is 1.99. The molecule has 146 valence electrons. The maximum absolute atomic E-state index is 13.2. The number of amides is 1. The third-order valence-corrected chi connectivity index (χ3v) is 5.38. The fraction of sp³-hybridized carbons (Fsp3) is 0.524. The zero-order chi connectivity index (χ0) is 19.4. The van der Waals surface area contributed by atoms with Gasteiger partial charge in [-0.25, -0.2) is 4.98 Å². The van der Waals surface area contributed by atoms with Gasteiger partial charge in [-0.1, -0.05) is 19.1 Å². The quantitative estimate of drug-likeness (QED) is 0.850. The van der Waals surface area contributed by atoms with Gasteiger partial charge in [0, 0.05) is 57.2 Å². The van der Waals surface area contributed by atoms with Crippen molar-refractivity contribution < 1.29 is 4.79 Å². The van der Waals surface area contributed by atoms with Crippen molar-refractivity contribution in [1.82, 2.24) is 24.7 Å². The molecular weight excluding hydrogens is 338 g/mol. The molecule has 1 aromatic heterocycles. The number of benzene rings is 1. The molecule has 0 bridgehead atoms. The highest BCUT2D eigenvalue weighted by Gasteiger charge is 2.31. The SMILES string of the molecule is CCN(Cc1ccc(C(=O)N2CCNCC2c2nccn2C)cc1)C(C)C. The second kappa shape index (κ2) is 8.67. The van der Waals surface area contributed by atoms with Crippen LogP contribution >= 0.6 is 0 Å². The minimum atomic E-state index is -0.0394. The summed E-state index contributed by atoms with van der Waals surface area (Å²) in [5.41, 5.74) is 1.98. The number of carbonyl (C=O) groups is 1. The number of nitrogens with one attached hydrogen (secondary N) is 1. The third-order valence-electron chi connectivity index (χ3n) is 5.38. The molecule has 1 N–H and O–H groups in total. The van der Waals surface area contributed by atoms with Gasteiger partial charge in [0.05, 0.1) is 0 Å². The minimum absolute atomic E-state index is 0.0394. The molecule has 1 fully saturated rings. The molecule has 1 aliphatic heterocycles. The molecule has 0 radical (unpaired) electrons. The van der Waals surface area contributed by atoms with E-state index in [2.05, 4.69) is 48.1 Å². The van der Waals surface area contributed by atoms with Gasteiger partial charge in [0.2, 0.25) is 0 Å². The van der Waals surface area contributed by atoms with Crippen molar-refractivity contribution in [2.24, 2.45) is 7.05 Å². The molecule has 2 heterocycles. The van der Waals surface area contributed by atoms with Crippen molar-refractivity contribution in [3.8, 4) is 0 Å². The van der Waals surface area contributed by atoms with Crippen LogP contribution in [0.5, 0.6) is 0 Å². The first kappa shape index (κ1) is 19.6. The van der Waals surface area contributed by atoms with Crippen LogP contribution < -0.4 is 5.32 Å². The highest BCUT2D eigenvalue weighted by Crippen LogP contribution is 2.23. The number of imidazole rings is 1. The molecule has 0 spiro atoms. The van der Waals surface area contributed by atoms with E-state index in [4.69, 9.17) is 0 Å². The van der Waals surface area contributed by atoms with Crippen LogP contribution in [-0.2, 0) is 13.6 Å². The monoisotopic (exact) mass is 369 g/mol. The van der Waals surface area contributed by atoms with E-state index in [0.717, 1.165) is 37.6 Å². The molecule has 0 aliphatic carbocycles. The highest BCUT2D eigenvalue weighted by atomic mass is 16.2. The van der Waals surface area contributed by atoms with Crippen molar-refractivity contribution in [1.29, 1.82) is 0 Å². The van der Waals surface area contributed by atoms with Gasteiger partial charge in [0.1, 0.15) is 11.9 Å².